The second kappa shape index (κ2) is 5.29. The van der Waals surface area contributed by atoms with Crippen LogP contribution in [0.4, 0.5) is 4.39 Å². The number of nitrogens with zero attached hydrogens (tertiary/aromatic N) is 2. The van der Waals surface area contributed by atoms with E-state index in [0.29, 0.717) is 16.5 Å². The van der Waals surface area contributed by atoms with Crippen LogP contribution in [-0.2, 0) is 6.54 Å². The van der Waals surface area contributed by atoms with Crippen LogP contribution >= 0.6 is 15.9 Å². The maximum absolute atomic E-state index is 12.9. The molecule has 1 N–H and O–H groups in total. The molecule has 1 heterocycles. The van der Waals surface area contributed by atoms with E-state index >= 15 is 0 Å². The third-order valence-corrected chi connectivity index (χ3v) is 3.78. The molecule has 2 aromatic carbocycles. The first-order chi connectivity index (χ1) is 10.0. The Bertz CT molecular complexity index is 828. The van der Waals surface area contributed by atoms with Crippen molar-refractivity contribution >= 4 is 32.8 Å². The van der Waals surface area contributed by atoms with Crippen LogP contribution in [0.25, 0.3) is 10.9 Å². The van der Waals surface area contributed by atoms with E-state index < -0.39 is 5.97 Å². The highest BCUT2D eigenvalue weighted by Crippen LogP contribution is 2.25. The number of aromatic carboxylic acids is 1. The average Bonchev–Trinajstić information content (AvgIpc) is 2.84. The maximum atomic E-state index is 12.9. The van der Waals surface area contributed by atoms with Crippen LogP contribution in [-0.4, -0.2) is 20.9 Å². The molecular formula is C15H10BrFN2O2. The summed E-state index contributed by atoms with van der Waals surface area (Å²) in [5, 5.41) is 14.2. The molecular weight excluding hydrogens is 339 g/mol. The summed E-state index contributed by atoms with van der Waals surface area (Å²) in [6.07, 6.45) is 1.83. The molecule has 0 fully saturated rings. The molecule has 0 saturated carbocycles. The van der Waals surface area contributed by atoms with Gasteiger partial charge in [-0.1, -0.05) is 28.1 Å². The average molecular weight is 349 g/mol. The minimum Gasteiger partial charge on any atom is -0.478 e. The first kappa shape index (κ1) is 13.8. The number of fused-ring (bicyclic) bond motifs is 1. The Labute approximate surface area is 127 Å². The molecule has 0 aliphatic heterocycles. The first-order valence-corrected chi connectivity index (χ1v) is 6.97. The van der Waals surface area contributed by atoms with Gasteiger partial charge in [-0.15, -0.1) is 0 Å². The molecule has 0 radical (unpaired) electrons. The number of hydrogen-bond acceptors (Lipinski definition) is 2. The van der Waals surface area contributed by atoms with Crippen LogP contribution in [0.2, 0.25) is 0 Å². The van der Waals surface area contributed by atoms with Gasteiger partial charge in [-0.05, 0) is 29.8 Å². The van der Waals surface area contributed by atoms with Gasteiger partial charge in [0.15, 0.2) is 0 Å². The van der Waals surface area contributed by atoms with E-state index in [1.807, 2.05) is 6.20 Å². The predicted molar refractivity (Wildman–Crippen MR) is 79.9 cm³/mol. The second-order valence-corrected chi connectivity index (χ2v) is 5.50. The zero-order valence-electron chi connectivity index (χ0n) is 10.8. The van der Waals surface area contributed by atoms with E-state index in [0.717, 1.165) is 10.9 Å². The number of carboxylic acid groups (broad SMARTS) is 1. The van der Waals surface area contributed by atoms with Crippen LogP contribution in [0.3, 0.4) is 0 Å². The first-order valence-electron chi connectivity index (χ1n) is 6.17. The number of carboxylic acids is 1. The molecule has 0 atom stereocenters. The van der Waals surface area contributed by atoms with Crippen molar-refractivity contribution in [2.24, 2.45) is 0 Å². The molecule has 0 bridgehead atoms. The molecule has 21 heavy (non-hydrogen) atoms. The van der Waals surface area contributed by atoms with Crippen molar-refractivity contribution in [3.8, 4) is 0 Å². The second-order valence-electron chi connectivity index (χ2n) is 4.65. The lowest BCUT2D eigenvalue weighted by Gasteiger charge is -2.00. The number of carbonyl (C=O) groups is 1. The van der Waals surface area contributed by atoms with Crippen LogP contribution in [0.5, 0.6) is 0 Å². The highest BCUT2D eigenvalue weighted by molar-refractivity contribution is 9.10. The van der Waals surface area contributed by atoms with Crippen LogP contribution in [0.15, 0.2) is 47.1 Å². The van der Waals surface area contributed by atoms with Crippen molar-refractivity contribution in [1.29, 1.82) is 0 Å². The van der Waals surface area contributed by atoms with Crippen LogP contribution < -0.4 is 0 Å². The Kier molecular flexibility index (Phi) is 3.47. The van der Waals surface area contributed by atoms with Crippen molar-refractivity contribution in [1.82, 2.24) is 9.78 Å². The molecule has 6 heteroatoms. The van der Waals surface area contributed by atoms with E-state index in [1.165, 1.54) is 18.2 Å². The fourth-order valence-electron chi connectivity index (χ4n) is 2.11. The van der Waals surface area contributed by atoms with Crippen molar-refractivity contribution in [2.75, 3.05) is 0 Å². The van der Waals surface area contributed by atoms with Gasteiger partial charge in [0.25, 0.3) is 0 Å². The number of aromatic nitrogens is 2. The number of hydrogen-bond donors (Lipinski definition) is 1. The minimum atomic E-state index is -0.995. The van der Waals surface area contributed by atoms with E-state index in [1.54, 1.807) is 22.9 Å². The predicted octanol–water partition coefficient (Wildman–Crippen LogP) is 3.68. The van der Waals surface area contributed by atoms with E-state index in [2.05, 4.69) is 21.0 Å². The van der Waals surface area contributed by atoms with E-state index in [9.17, 15) is 9.18 Å². The standard InChI is InChI=1S/C15H10BrFN2O2/c16-13-5-10(15(20)21)6-14-12(13)8-19(18-14)7-9-1-3-11(17)4-2-9/h1-6,8H,7H2,(H,20,21). The Hall–Kier alpha value is -2.21. The van der Waals surface area contributed by atoms with Gasteiger partial charge in [-0.2, -0.15) is 5.10 Å². The van der Waals surface area contributed by atoms with Gasteiger partial charge in [0, 0.05) is 16.1 Å². The molecule has 4 nitrogen and oxygen atoms in total. The smallest absolute Gasteiger partial charge is 0.335 e. The maximum Gasteiger partial charge on any atom is 0.335 e. The molecule has 3 aromatic rings. The van der Waals surface area contributed by atoms with Gasteiger partial charge in [0.1, 0.15) is 5.82 Å². The van der Waals surface area contributed by atoms with Crippen molar-refractivity contribution in [3.05, 3.63) is 64.0 Å². The zero-order chi connectivity index (χ0) is 15.0. The van der Waals surface area contributed by atoms with Gasteiger partial charge in [0.2, 0.25) is 0 Å². The molecule has 0 amide bonds. The number of rotatable bonds is 3. The van der Waals surface area contributed by atoms with Gasteiger partial charge in [0.05, 0.1) is 17.6 Å². The summed E-state index contributed by atoms with van der Waals surface area (Å²) in [6, 6.07) is 9.27. The van der Waals surface area contributed by atoms with Crippen molar-refractivity contribution in [2.45, 2.75) is 6.54 Å². The summed E-state index contributed by atoms with van der Waals surface area (Å²) >= 11 is 3.36. The summed E-state index contributed by atoms with van der Waals surface area (Å²) in [5.41, 5.74) is 1.70. The van der Waals surface area contributed by atoms with Gasteiger partial charge in [-0.25, -0.2) is 9.18 Å². The quantitative estimate of drug-likeness (QED) is 0.785. The number of benzene rings is 2. The van der Waals surface area contributed by atoms with Crippen molar-refractivity contribution < 1.29 is 14.3 Å². The molecule has 106 valence electrons. The van der Waals surface area contributed by atoms with E-state index in [4.69, 9.17) is 5.11 Å². The lowest BCUT2D eigenvalue weighted by molar-refractivity contribution is 0.0697. The van der Waals surface area contributed by atoms with E-state index in [-0.39, 0.29) is 11.4 Å². The normalized spacial score (nSPS) is 11.0. The van der Waals surface area contributed by atoms with Crippen LogP contribution in [0, 0.1) is 5.82 Å². The summed E-state index contributed by atoms with van der Waals surface area (Å²) in [4.78, 5) is 11.0. The highest BCUT2D eigenvalue weighted by atomic mass is 79.9. The highest BCUT2D eigenvalue weighted by Gasteiger charge is 2.11. The Morgan fingerprint density at radius 2 is 2.00 bits per heavy atom. The van der Waals surface area contributed by atoms with Crippen molar-refractivity contribution in [3.63, 3.8) is 0 Å². The summed E-state index contributed by atoms with van der Waals surface area (Å²) in [5.74, 6) is -1.27. The summed E-state index contributed by atoms with van der Waals surface area (Å²) in [7, 11) is 0. The van der Waals surface area contributed by atoms with Gasteiger partial charge >= 0.3 is 5.97 Å². The minimum absolute atomic E-state index is 0.182. The molecule has 0 unspecified atom stereocenters. The lowest BCUT2D eigenvalue weighted by Crippen LogP contribution is -2.00. The molecule has 1 aromatic heterocycles. The fraction of sp³-hybridized carbons (Fsp3) is 0.0667. The molecule has 0 spiro atoms. The van der Waals surface area contributed by atoms with Gasteiger partial charge < -0.3 is 5.11 Å². The SMILES string of the molecule is O=C(O)c1cc(Br)c2cn(Cc3ccc(F)cc3)nc2c1. The Balaban J connectivity index is 1.99. The van der Waals surface area contributed by atoms with Crippen LogP contribution in [0.1, 0.15) is 15.9 Å². The largest absolute Gasteiger partial charge is 0.478 e. The summed E-state index contributed by atoms with van der Waals surface area (Å²) < 4.78 is 15.3. The lowest BCUT2D eigenvalue weighted by atomic mass is 10.2. The Morgan fingerprint density at radius 3 is 2.67 bits per heavy atom. The molecule has 0 aliphatic carbocycles. The molecule has 0 aliphatic rings. The molecule has 3 rings (SSSR count). The zero-order valence-corrected chi connectivity index (χ0v) is 12.3. The Morgan fingerprint density at radius 1 is 1.29 bits per heavy atom. The number of halogens is 2. The third kappa shape index (κ3) is 2.80. The fourth-order valence-corrected chi connectivity index (χ4v) is 2.66. The monoisotopic (exact) mass is 348 g/mol. The third-order valence-electron chi connectivity index (χ3n) is 3.13. The summed E-state index contributed by atoms with van der Waals surface area (Å²) in [6.45, 7) is 0.490. The van der Waals surface area contributed by atoms with Gasteiger partial charge in [-0.3, -0.25) is 4.68 Å². The topological polar surface area (TPSA) is 55.1 Å². The molecule has 0 saturated heterocycles.